The lowest BCUT2D eigenvalue weighted by atomic mass is 10.6. The van der Waals surface area contributed by atoms with Crippen LogP contribution in [0, 0.1) is 20.2 Å². The molecule has 0 aromatic carbocycles. The van der Waals surface area contributed by atoms with Crippen LogP contribution in [0.25, 0.3) is 5.82 Å². The van der Waals surface area contributed by atoms with Gasteiger partial charge in [0.05, 0.1) is 5.21 Å². The van der Waals surface area contributed by atoms with Gasteiger partial charge in [-0.1, -0.05) is 0 Å². The molecule has 2 heterocycles. The standard InChI is InChI=1S/C4HN7O5/c12-10(13)2-1-9(8-5-2)3-4(11(14)15)7-16-6-3/h1H. The molecular formula is C4HN7O5. The number of hydrogen-bond acceptors (Lipinski definition) is 9. The van der Waals surface area contributed by atoms with Crippen LogP contribution in [-0.4, -0.2) is 35.2 Å². The first-order valence-corrected chi connectivity index (χ1v) is 3.63. The molecule has 2 aromatic heterocycles. The molecule has 16 heavy (non-hydrogen) atoms. The molecule has 0 spiro atoms. The first kappa shape index (κ1) is 9.63. The van der Waals surface area contributed by atoms with Crippen LogP contribution >= 0.6 is 0 Å². The van der Waals surface area contributed by atoms with Gasteiger partial charge in [-0.2, -0.15) is 4.68 Å². The molecule has 0 fully saturated rings. The highest BCUT2D eigenvalue weighted by Crippen LogP contribution is 2.17. The van der Waals surface area contributed by atoms with Gasteiger partial charge in [-0.3, -0.25) is 0 Å². The number of nitro groups is 2. The molecule has 0 unspecified atom stereocenters. The molecule has 0 aliphatic carbocycles. The van der Waals surface area contributed by atoms with Gasteiger partial charge in [-0.25, -0.2) is 0 Å². The maximum atomic E-state index is 10.4. The predicted molar refractivity (Wildman–Crippen MR) is 42.5 cm³/mol. The topological polar surface area (TPSA) is 156 Å². The van der Waals surface area contributed by atoms with Crippen LogP contribution in [0.5, 0.6) is 0 Å². The Morgan fingerprint density at radius 1 is 1.25 bits per heavy atom. The summed E-state index contributed by atoms with van der Waals surface area (Å²) in [6.45, 7) is 0. The van der Waals surface area contributed by atoms with E-state index in [0.717, 1.165) is 10.9 Å². The fourth-order valence-electron chi connectivity index (χ4n) is 0.881. The van der Waals surface area contributed by atoms with E-state index >= 15 is 0 Å². The minimum absolute atomic E-state index is 0.384. The maximum absolute atomic E-state index is 10.4. The summed E-state index contributed by atoms with van der Waals surface area (Å²) >= 11 is 0. The fourth-order valence-corrected chi connectivity index (χ4v) is 0.881. The molecule has 0 bridgehead atoms. The van der Waals surface area contributed by atoms with Crippen molar-refractivity contribution in [3.8, 4) is 5.82 Å². The van der Waals surface area contributed by atoms with E-state index in [9.17, 15) is 20.2 Å². The van der Waals surface area contributed by atoms with E-state index < -0.39 is 21.5 Å². The van der Waals surface area contributed by atoms with Gasteiger partial charge in [0.25, 0.3) is 0 Å². The molecule has 2 aromatic rings. The Morgan fingerprint density at radius 3 is 2.56 bits per heavy atom. The average Bonchev–Trinajstić information content (AvgIpc) is 2.86. The summed E-state index contributed by atoms with van der Waals surface area (Å²) < 4.78 is 4.86. The molecule has 0 radical (unpaired) electrons. The quantitative estimate of drug-likeness (QED) is 0.496. The van der Waals surface area contributed by atoms with Crippen LogP contribution in [0.2, 0.25) is 0 Å². The van der Waals surface area contributed by atoms with Gasteiger partial charge < -0.3 is 20.2 Å². The van der Waals surface area contributed by atoms with E-state index in [2.05, 4.69) is 25.3 Å². The Labute approximate surface area is 84.7 Å². The molecule has 0 atom stereocenters. The summed E-state index contributed by atoms with van der Waals surface area (Å²) in [6, 6.07) is 0. The predicted octanol–water partition coefficient (Wildman–Crippen LogP) is -0.533. The van der Waals surface area contributed by atoms with Crippen LogP contribution < -0.4 is 0 Å². The molecule has 12 nitrogen and oxygen atoms in total. The van der Waals surface area contributed by atoms with Gasteiger partial charge in [0.15, 0.2) is 5.16 Å². The van der Waals surface area contributed by atoms with Crippen LogP contribution in [0.15, 0.2) is 10.8 Å². The van der Waals surface area contributed by atoms with Gasteiger partial charge >= 0.3 is 17.5 Å². The highest BCUT2D eigenvalue weighted by atomic mass is 16.6. The van der Waals surface area contributed by atoms with Crippen molar-refractivity contribution in [1.82, 2.24) is 25.3 Å². The molecule has 0 saturated heterocycles. The third-order valence-electron chi connectivity index (χ3n) is 1.51. The second-order valence-electron chi connectivity index (χ2n) is 2.45. The van der Waals surface area contributed by atoms with Crippen LogP contribution in [-0.2, 0) is 0 Å². The van der Waals surface area contributed by atoms with Gasteiger partial charge in [0.1, 0.15) is 11.3 Å². The van der Waals surface area contributed by atoms with Crippen molar-refractivity contribution in [1.29, 1.82) is 0 Å². The van der Waals surface area contributed by atoms with Crippen molar-refractivity contribution in [2.45, 2.75) is 0 Å². The monoisotopic (exact) mass is 227 g/mol. The minimum atomic E-state index is -0.862. The highest BCUT2D eigenvalue weighted by Gasteiger charge is 2.27. The Morgan fingerprint density at radius 2 is 2.00 bits per heavy atom. The van der Waals surface area contributed by atoms with Crippen LogP contribution in [0.4, 0.5) is 11.6 Å². The average molecular weight is 227 g/mol. The van der Waals surface area contributed by atoms with Gasteiger partial charge in [-0.15, -0.1) is 4.63 Å². The number of nitrogens with zero attached hydrogens (tertiary/aromatic N) is 7. The summed E-state index contributed by atoms with van der Waals surface area (Å²) in [7, 11) is 0. The second kappa shape index (κ2) is 3.34. The molecule has 0 aliphatic rings. The maximum Gasteiger partial charge on any atom is 0.461 e. The lowest BCUT2D eigenvalue weighted by molar-refractivity contribution is -0.390. The van der Waals surface area contributed by atoms with E-state index in [-0.39, 0.29) is 5.82 Å². The van der Waals surface area contributed by atoms with E-state index in [0.29, 0.717) is 0 Å². The van der Waals surface area contributed by atoms with Gasteiger partial charge in [0, 0.05) is 5.16 Å². The second-order valence-corrected chi connectivity index (χ2v) is 2.45. The van der Waals surface area contributed by atoms with Crippen LogP contribution in [0.3, 0.4) is 0 Å². The molecule has 0 aliphatic heterocycles. The first-order chi connectivity index (χ1) is 7.59. The van der Waals surface area contributed by atoms with Crippen molar-refractivity contribution >= 4 is 11.6 Å². The normalized spacial score (nSPS) is 10.2. The van der Waals surface area contributed by atoms with Gasteiger partial charge in [0.2, 0.25) is 0 Å². The molecule has 0 saturated carbocycles. The largest absolute Gasteiger partial charge is 0.461 e. The van der Waals surface area contributed by atoms with Crippen molar-refractivity contribution < 1.29 is 14.5 Å². The highest BCUT2D eigenvalue weighted by molar-refractivity contribution is 5.37. The lowest BCUT2D eigenvalue weighted by Crippen LogP contribution is -2.00. The van der Waals surface area contributed by atoms with Crippen molar-refractivity contribution in [2.75, 3.05) is 0 Å². The Kier molecular flexibility index (Phi) is 2.01. The van der Waals surface area contributed by atoms with E-state index in [4.69, 9.17) is 0 Å². The molecule has 0 N–H and O–H groups in total. The summed E-state index contributed by atoms with van der Waals surface area (Å²) in [6.07, 6.45) is 0.854. The number of hydrogen-bond donors (Lipinski definition) is 0. The first-order valence-electron chi connectivity index (χ1n) is 3.63. The molecule has 12 heteroatoms. The molecule has 82 valence electrons. The smallest absolute Gasteiger partial charge is 0.358 e. The third kappa shape index (κ3) is 1.43. The molecule has 2 rings (SSSR count). The molecule has 0 amide bonds. The Bertz CT molecular complexity index is 557. The summed E-state index contributed by atoms with van der Waals surface area (Å²) in [5, 5.41) is 33.4. The zero-order valence-electron chi connectivity index (χ0n) is 7.25. The zero-order chi connectivity index (χ0) is 11.7. The summed E-state index contributed by atoms with van der Waals surface area (Å²) in [5.74, 6) is -1.66. The van der Waals surface area contributed by atoms with Crippen LogP contribution in [0.1, 0.15) is 0 Å². The van der Waals surface area contributed by atoms with Gasteiger partial charge in [-0.05, 0) is 9.85 Å². The van der Waals surface area contributed by atoms with Crippen molar-refractivity contribution in [2.24, 2.45) is 0 Å². The lowest BCUT2D eigenvalue weighted by Gasteiger charge is -1.88. The Hall–Kier alpha value is -2.92. The van der Waals surface area contributed by atoms with Crippen molar-refractivity contribution in [3.63, 3.8) is 0 Å². The third-order valence-corrected chi connectivity index (χ3v) is 1.51. The summed E-state index contributed by atoms with van der Waals surface area (Å²) in [4.78, 5) is 19.1. The Balaban J connectivity index is 2.46. The molecular weight excluding hydrogens is 226 g/mol. The van der Waals surface area contributed by atoms with Crippen molar-refractivity contribution in [3.05, 3.63) is 26.4 Å². The number of rotatable bonds is 3. The SMILES string of the molecule is O=[N+]([O-])c1cn(-c2nonc2[N+](=O)[O-])nn1. The van der Waals surface area contributed by atoms with E-state index in [1.54, 1.807) is 0 Å². The number of aromatic nitrogens is 5. The van der Waals surface area contributed by atoms with E-state index in [1.807, 2.05) is 0 Å². The minimum Gasteiger partial charge on any atom is -0.358 e. The fraction of sp³-hybridized carbons (Fsp3) is 0. The zero-order valence-corrected chi connectivity index (χ0v) is 7.25. The van der Waals surface area contributed by atoms with E-state index in [1.165, 1.54) is 0 Å². The summed E-state index contributed by atoms with van der Waals surface area (Å²) in [5.41, 5.74) is 0.